The third-order valence-corrected chi connectivity index (χ3v) is 9.85. The van der Waals surface area contributed by atoms with Gasteiger partial charge in [0.25, 0.3) is 10.0 Å². The van der Waals surface area contributed by atoms with Gasteiger partial charge in [0.1, 0.15) is 12.6 Å². The molecule has 0 aliphatic heterocycles. The first-order valence-corrected chi connectivity index (χ1v) is 17.1. The normalized spacial score (nSPS) is 12.1. The van der Waals surface area contributed by atoms with Gasteiger partial charge in [-0.25, -0.2) is 8.42 Å². The molecule has 0 aliphatic rings. The Balaban J connectivity index is 1.84. The molecule has 1 N–H and O–H groups in total. The van der Waals surface area contributed by atoms with Gasteiger partial charge in [0.05, 0.1) is 10.6 Å². The molecule has 1 unspecified atom stereocenters. The molecular weight excluding hydrogens is 595 g/mol. The number of amides is 2. The van der Waals surface area contributed by atoms with Crippen molar-refractivity contribution in [1.29, 1.82) is 0 Å². The van der Waals surface area contributed by atoms with Crippen LogP contribution in [0.2, 0.25) is 0 Å². The van der Waals surface area contributed by atoms with Crippen molar-refractivity contribution in [3.63, 3.8) is 0 Å². The molecule has 4 aromatic carbocycles. The molecule has 0 fully saturated rings. The summed E-state index contributed by atoms with van der Waals surface area (Å²) in [6.45, 7) is 11.7. The van der Waals surface area contributed by atoms with Gasteiger partial charge >= 0.3 is 0 Å². The molecule has 0 heterocycles. The Morgan fingerprint density at radius 3 is 2.04 bits per heavy atom. The molecule has 0 radical (unpaired) electrons. The van der Waals surface area contributed by atoms with Gasteiger partial charge in [0, 0.05) is 19.5 Å². The molecule has 46 heavy (non-hydrogen) atoms. The van der Waals surface area contributed by atoms with Crippen LogP contribution in [0.15, 0.2) is 102 Å². The fraction of sp³-hybridized carbons (Fsp3) is 0.316. The minimum Gasteiger partial charge on any atom is -0.354 e. The molecule has 4 aromatic rings. The Kier molecular flexibility index (Phi) is 11.4. The van der Waals surface area contributed by atoms with E-state index in [9.17, 15) is 18.0 Å². The van der Waals surface area contributed by atoms with Crippen LogP contribution in [0, 0.1) is 33.6 Å². The lowest BCUT2D eigenvalue weighted by molar-refractivity contribution is -0.140. The zero-order chi connectivity index (χ0) is 33.4. The van der Waals surface area contributed by atoms with Crippen LogP contribution in [0.4, 0.5) is 5.69 Å². The van der Waals surface area contributed by atoms with Gasteiger partial charge in [0.2, 0.25) is 11.8 Å². The number of aryl methyl sites for hydroxylation is 4. The largest absolute Gasteiger partial charge is 0.354 e. The molecule has 8 heteroatoms. The second kappa shape index (κ2) is 15.2. The molecule has 0 aromatic heterocycles. The standard InChI is InChI=1S/C38H45N3O4S/c1-27(2)24-39-38(43)36(23-32-13-8-7-9-14-32)40(25-33-15-11-10-12-30(33)5)37(42)26-41(35-22-29(4)16-19-31(35)6)46(44,45)34-20-17-28(3)18-21-34/h7-22,27,36H,23-26H2,1-6H3,(H,39,43). The van der Waals surface area contributed by atoms with Crippen molar-refractivity contribution >= 4 is 27.5 Å². The predicted octanol–water partition coefficient (Wildman–Crippen LogP) is 6.53. The smallest absolute Gasteiger partial charge is 0.264 e. The zero-order valence-corrected chi connectivity index (χ0v) is 28.5. The van der Waals surface area contributed by atoms with Crippen LogP contribution in [0.25, 0.3) is 0 Å². The number of carbonyl (C=O) groups is 2. The van der Waals surface area contributed by atoms with Crippen molar-refractivity contribution in [2.45, 2.75) is 65.4 Å². The summed E-state index contributed by atoms with van der Waals surface area (Å²) < 4.78 is 29.8. The number of anilines is 1. The van der Waals surface area contributed by atoms with E-state index in [-0.39, 0.29) is 29.7 Å². The third kappa shape index (κ3) is 8.63. The second-order valence-corrected chi connectivity index (χ2v) is 14.3. The van der Waals surface area contributed by atoms with Gasteiger partial charge in [-0.3, -0.25) is 13.9 Å². The maximum atomic E-state index is 14.7. The van der Waals surface area contributed by atoms with E-state index < -0.39 is 28.5 Å². The van der Waals surface area contributed by atoms with E-state index >= 15 is 0 Å². The number of hydrogen-bond donors (Lipinski definition) is 1. The minimum absolute atomic E-state index is 0.0905. The topological polar surface area (TPSA) is 86.8 Å². The van der Waals surface area contributed by atoms with E-state index in [2.05, 4.69) is 5.32 Å². The summed E-state index contributed by atoms with van der Waals surface area (Å²) >= 11 is 0. The van der Waals surface area contributed by atoms with Crippen molar-refractivity contribution in [2.24, 2.45) is 5.92 Å². The van der Waals surface area contributed by atoms with Crippen molar-refractivity contribution < 1.29 is 18.0 Å². The summed E-state index contributed by atoms with van der Waals surface area (Å²) in [4.78, 5) is 30.3. The van der Waals surface area contributed by atoms with Crippen molar-refractivity contribution in [2.75, 3.05) is 17.4 Å². The van der Waals surface area contributed by atoms with E-state index in [1.807, 2.05) is 108 Å². The lowest BCUT2D eigenvalue weighted by Gasteiger charge is -2.34. The van der Waals surface area contributed by atoms with Crippen molar-refractivity contribution in [3.05, 3.63) is 130 Å². The molecule has 7 nitrogen and oxygen atoms in total. The molecular formula is C38H45N3O4S. The van der Waals surface area contributed by atoms with Crippen LogP contribution in [0.1, 0.15) is 47.2 Å². The van der Waals surface area contributed by atoms with Crippen LogP contribution in [-0.2, 0) is 32.6 Å². The number of hydrogen-bond acceptors (Lipinski definition) is 4. The Morgan fingerprint density at radius 1 is 0.761 bits per heavy atom. The number of nitrogens with one attached hydrogen (secondary N) is 1. The summed E-state index contributed by atoms with van der Waals surface area (Å²) in [5, 5.41) is 3.04. The average molecular weight is 640 g/mol. The number of carbonyl (C=O) groups excluding carboxylic acids is 2. The van der Waals surface area contributed by atoms with Gasteiger partial charge in [-0.05, 0) is 79.6 Å². The molecule has 0 saturated heterocycles. The first kappa shape index (κ1) is 34.4. The van der Waals surface area contributed by atoms with E-state index in [0.717, 1.165) is 33.4 Å². The monoisotopic (exact) mass is 639 g/mol. The van der Waals surface area contributed by atoms with Gasteiger partial charge in [-0.1, -0.05) is 98.3 Å². The highest BCUT2D eigenvalue weighted by molar-refractivity contribution is 7.92. The lowest BCUT2D eigenvalue weighted by Crippen LogP contribution is -2.54. The molecule has 242 valence electrons. The zero-order valence-electron chi connectivity index (χ0n) is 27.7. The fourth-order valence-electron chi connectivity index (χ4n) is 5.29. The molecule has 1 atom stereocenters. The molecule has 0 bridgehead atoms. The van der Waals surface area contributed by atoms with Crippen LogP contribution >= 0.6 is 0 Å². The highest BCUT2D eigenvalue weighted by atomic mass is 32.2. The van der Waals surface area contributed by atoms with E-state index in [4.69, 9.17) is 0 Å². The minimum atomic E-state index is -4.16. The summed E-state index contributed by atoms with van der Waals surface area (Å²) in [5.74, 6) is -0.541. The van der Waals surface area contributed by atoms with Gasteiger partial charge in [-0.2, -0.15) is 0 Å². The summed E-state index contributed by atoms with van der Waals surface area (Å²) in [5.41, 5.74) is 5.68. The lowest BCUT2D eigenvalue weighted by atomic mass is 10.0. The second-order valence-electron chi connectivity index (χ2n) is 12.4. The van der Waals surface area contributed by atoms with Crippen LogP contribution in [0.5, 0.6) is 0 Å². The highest BCUT2D eigenvalue weighted by Crippen LogP contribution is 2.29. The Bertz CT molecular complexity index is 1750. The molecule has 2 amide bonds. The first-order chi connectivity index (χ1) is 21.9. The van der Waals surface area contributed by atoms with Crippen LogP contribution in [-0.4, -0.2) is 44.3 Å². The number of benzene rings is 4. The Morgan fingerprint density at radius 2 is 1.39 bits per heavy atom. The Hall–Kier alpha value is -4.43. The van der Waals surface area contributed by atoms with Crippen LogP contribution in [0.3, 0.4) is 0 Å². The van der Waals surface area contributed by atoms with Crippen molar-refractivity contribution in [1.82, 2.24) is 10.2 Å². The fourth-order valence-corrected chi connectivity index (χ4v) is 6.76. The maximum absolute atomic E-state index is 14.7. The summed E-state index contributed by atoms with van der Waals surface area (Å²) in [6, 6.07) is 28.6. The molecule has 0 aliphatic carbocycles. The van der Waals surface area contributed by atoms with Crippen LogP contribution < -0.4 is 9.62 Å². The number of rotatable bonds is 13. The Labute approximate surface area is 274 Å². The van der Waals surface area contributed by atoms with E-state index in [1.165, 1.54) is 4.31 Å². The highest BCUT2D eigenvalue weighted by Gasteiger charge is 2.35. The van der Waals surface area contributed by atoms with Gasteiger partial charge in [0.15, 0.2) is 0 Å². The predicted molar refractivity (Wildman–Crippen MR) is 185 cm³/mol. The van der Waals surface area contributed by atoms with E-state index in [0.29, 0.717) is 12.2 Å². The molecule has 0 spiro atoms. The van der Waals surface area contributed by atoms with Gasteiger partial charge < -0.3 is 10.2 Å². The summed E-state index contributed by atoms with van der Waals surface area (Å²) in [7, 11) is -4.16. The quantitative estimate of drug-likeness (QED) is 0.180. The molecule has 4 rings (SSSR count). The number of nitrogens with zero attached hydrogens (tertiary/aromatic N) is 2. The van der Waals surface area contributed by atoms with Gasteiger partial charge in [-0.15, -0.1) is 0 Å². The molecule has 0 saturated carbocycles. The summed E-state index contributed by atoms with van der Waals surface area (Å²) in [6.07, 6.45) is 0.274. The number of sulfonamides is 1. The SMILES string of the molecule is Cc1ccc(S(=O)(=O)N(CC(=O)N(Cc2ccccc2C)C(Cc2ccccc2)C(=O)NCC(C)C)c2cc(C)ccc2C)cc1. The van der Waals surface area contributed by atoms with Crippen molar-refractivity contribution in [3.8, 4) is 0 Å². The third-order valence-electron chi connectivity index (χ3n) is 8.08. The average Bonchev–Trinajstić information content (AvgIpc) is 3.03. The van der Waals surface area contributed by atoms with E-state index in [1.54, 1.807) is 35.2 Å². The first-order valence-electron chi connectivity index (χ1n) is 15.7. The maximum Gasteiger partial charge on any atom is 0.264 e.